The van der Waals surface area contributed by atoms with Gasteiger partial charge in [0.1, 0.15) is 11.8 Å². The van der Waals surface area contributed by atoms with Crippen molar-refractivity contribution in [1.82, 2.24) is 0 Å². The summed E-state index contributed by atoms with van der Waals surface area (Å²) in [6.07, 6.45) is 1.41. The molecular formula is C23H19Br2NO2. The fourth-order valence-corrected chi connectivity index (χ4v) is 5.18. The normalized spacial score (nSPS) is 20.7. The molecular weight excluding hydrogens is 482 g/mol. The van der Waals surface area contributed by atoms with Crippen LogP contribution in [0.1, 0.15) is 44.1 Å². The molecule has 0 saturated carbocycles. The SMILES string of the molecule is CC1(C)CC(=O)C2=C(C1)C(c1cc(Br)c(Br)o1)Nc1ccc3ccccc3c12. The van der Waals surface area contributed by atoms with Gasteiger partial charge in [-0.1, -0.05) is 44.2 Å². The molecule has 5 rings (SSSR count). The van der Waals surface area contributed by atoms with Crippen LogP contribution in [0.5, 0.6) is 0 Å². The van der Waals surface area contributed by atoms with Crippen LogP contribution in [0.2, 0.25) is 0 Å². The van der Waals surface area contributed by atoms with Crippen molar-refractivity contribution >= 4 is 59.7 Å². The van der Waals surface area contributed by atoms with Gasteiger partial charge in [-0.25, -0.2) is 0 Å². The van der Waals surface area contributed by atoms with Crippen LogP contribution in [0.15, 0.2) is 61.6 Å². The number of carbonyl (C=O) groups excluding carboxylic acids is 1. The summed E-state index contributed by atoms with van der Waals surface area (Å²) in [6.45, 7) is 4.33. The van der Waals surface area contributed by atoms with Crippen LogP contribution >= 0.6 is 31.9 Å². The topological polar surface area (TPSA) is 42.2 Å². The molecule has 0 saturated heterocycles. The Morgan fingerprint density at radius 1 is 1.11 bits per heavy atom. The molecule has 5 heteroatoms. The number of fused-ring (bicyclic) bond motifs is 4. The van der Waals surface area contributed by atoms with E-state index >= 15 is 0 Å². The molecule has 1 aromatic heterocycles. The van der Waals surface area contributed by atoms with Crippen molar-refractivity contribution in [2.75, 3.05) is 5.32 Å². The predicted octanol–water partition coefficient (Wildman–Crippen LogP) is 7.27. The van der Waals surface area contributed by atoms with Gasteiger partial charge in [-0.15, -0.1) is 0 Å². The van der Waals surface area contributed by atoms with E-state index in [0.29, 0.717) is 11.1 Å². The lowest BCUT2D eigenvalue weighted by Gasteiger charge is -2.39. The third kappa shape index (κ3) is 2.79. The highest BCUT2D eigenvalue weighted by Gasteiger charge is 2.41. The summed E-state index contributed by atoms with van der Waals surface area (Å²) in [5.41, 5.74) is 3.95. The molecule has 0 amide bonds. The summed E-state index contributed by atoms with van der Waals surface area (Å²) in [5.74, 6) is 1.02. The molecule has 0 radical (unpaired) electrons. The minimum absolute atomic E-state index is 0.0704. The van der Waals surface area contributed by atoms with Crippen LogP contribution < -0.4 is 5.32 Å². The Labute approximate surface area is 180 Å². The van der Waals surface area contributed by atoms with Crippen molar-refractivity contribution in [1.29, 1.82) is 0 Å². The number of anilines is 1. The fourth-order valence-electron chi connectivity index (χ4n) is 4.57. The average Bonchev–Trinajstić information content (AvgIpc) is 2.98. The molecule has 0 bridgehead atoms. The molecule has 1 aliphatic heterocycles. The Bertz CT molecular complexity index is 1150. The second kappa shape index (κ2) is 6.33. The molecule has 2 heterocycles. The highest BCUT2D eigenvalue weighted by molar-refractivity contribution is 9.13. The van der Waals surface area contributed by atoms with E-state index in [-0.39, 0.29) is 17.2 Å². The highest BCUT2D eigenvalue weighted by Crippen LogP contribution is 2.52. The number of nitrogens with one attached hydrogen (secondary N) is 1. The van der Waals surface area contributed by atoms with Gasteiger partial charge < -0.3 is 9.73 Å². The number of allylic oxidation sites excluding steroid dienone is 1. The van der Waals surface area contributed by atoms with Crippen LogP contribution in [0.4, 0.5) is 5.69 Å². The minimum atomic E-state index is -0.158. The Morgan fingerprint density at radius 2 is 1.89 bits per heavy atom. The quantitative estimate of drug-likeness (QED) is 0.382. The van der Waals surface area contributed by atoms with Crippen molar-refractivity contribution in [3.05, 3.63) is 68.5 Å². The first kappa shape index (κ1) is 18.2. The van der Waals surface area contributed by atoms with Gasteiger partial charge in [0.05, 0.1) is 4.47 Å². The number of rotatable bonds is 1. The van der Waals surface area contributed by atoms with Crippen LogP contribution in [0.3, 0.4) is 0 Å². The lowest BCUT2D eigenvalue weighted by Crippen LogP contribution is -2.32. The van der Waals surface area contributed by atoms with Crippen LogP contribution in [0, 0.1) is 5.41 Å². The van der Waals surface area contributed by atoms with Gasteiger partial charge in [0.25, 0.3) is 0 Å². The molecule has 2 aliphatic rings. The first-order chi connectivity index (χ1) is 13.3. The third-order valence-corrected chi connectivity index (χ3v) is 7.39. The van der Waals surface area contributed by atoms with Gasteiger partial charge in [0.2, 0.25) is 0 Å². The molecule has 3 nitrogen and oxygen atoms in total. The zero-order valence-corrected chi connectivity index (χ0v) is 18.8. The lowest BCUT2D eigenvalue weighted by atomic mass is 9.68. The van der Waals surface area contributed by atoms with Gasteiger partial charge in [-0.3, -0.25) is 4.79 Å². The molecule has 3 aromatic rings. The van der Waals surface area contributed by atoms with E-state index < -0.39 is 0 Å². The lowest BCUT2D eigenvalue weighted by molar-refractivity contribution is -0.116. The maximum Gasteiger partial charge on any atom is 0.183 e. The highest BCUT2D eigenvalue weighted by atomic mass is 79.9. The van der Waals surface area contributed by atoms with E-state index in [9.17, 15) is 4.79 Å². The van der Waals surface area contributed by atoms with Crippen molar-refractivity contribution in [3.63, 3.8) is 0 Å². The zero-order chi connectivity index (χ0) is 19.6. The van der Waals surface area contributed by atoms with Crippen LogP contribution in [-0.4, -0.2) is 5.78 Å². The average molecular weight is 501 g/mol. The largest absolute Gasteiger partial charge is 0.451 e. The Kier molecular flexibility index (Phi) is 4.11. The first-order valence-corrected chi connectivity index (χ1v) is 10.9. The predicted molar refractivity (Wildman–Crippen MR) is 119 cm³/mol. The number of furan rings is 1. The number of Topliss-reactive ketones (excluding diaryl/α,β-unsaturated/α-hetero) is 1. The Balaban J connectivity index is 1.81. The van der Waals surface area contributed by atoms with E-state index in [1.807, 2.05) is 18.2 Å². The zero-order valence-electron chi connectivity index (χ0n) is 15.6. The van der Waals surface area contributed by atoms with E-state index in [1.54, 1.807) is 0 Å². The van der Waals surface area contributed by atoms with Crippen LogP contribution in [-0.2, 0) is 4.79 Å². The van der Waals surface area contributed by atoms with Crippen molar-refractivity contribution in [2.24, 2.45) is 5.41 Å². The van der Waals surface area contributed by atoms with Crippen molar-refractivity contribution in [3.8, 4) is 0 Å². The smallest absolute Gasteiger partial charge is 0.183 e. The summed E-state index contributed by atoms with van der Waals surface area (Å²) >= 11 is 6.96. The van der Waals surface area contributed by atoms with E-state index in [0.717, 1.165) is 49.8 Å². The van der Waals surface area contributed by atoms with Gasteiger partial charge >= 0.3 is 0 Å². The summed E-state index contributed by atoms with van der Waals surface area (Å²) in [4.78, 5) is 13.4. The molecule has 0 fully saturated rings. The molecule has 142 valence electrons. The standard InChI is InChI=1S/C23H19Br2NO2/c1-23(2)10-14-20(17(27)11-23)19-13-6-4-3-5-12(13)7-8-16(19)26-21(14)18-9-15(24)22(25)28-18/h3-9,21,26H,10-11H2,1-2H3. The summed E-state index contributed by atoms with van der Waals surface area (Å²) in [6, 6.07) is 14.3. The van der Waals surface area contributed by atoms with E-state index in [1.165, 1.54) is 0 Å². The monoisotopic (exact) mass is 499 g/mol. The van der Waals surface area contributed by atoms with Gasteiger partial charge in [-0.05, 0) is 72.2 Å². The second-order valence-electron chi connectivity index (χ2n) is 8.40. The maximum atomic E-state index is 13.4. The molecule has 2 aromatic carbocycles. The molecule has 28 heavy (non-hydrogen) atoms. The third-order valence-electron chi connectivity index (χ3n) is 5.68. The number of carbonyl (C=O) groups is 1. The van der Waals surface area contributed by atoms with Crippen LogP contribution in [0.25, 0.3) is 16.3 Å². The van der Waals surface area contributed by atoms with Gasteiger partial charge in [0.15, 0.2) is 10.5 Å². The number of hydrogen-bond donors (Lipinski definition) is 1. The fraction of sp³-hybridized carbons (Fsp3) is 0.261. The number of benzene rings is 2. The van der Waals surface area contributed by atoms with Crippen molar-refractivity contribution in [2.45, 2.75) is 32.7 Å². The first-order valence-electron chi connectivity index (χ1n) is 9.34. The van der Waals surface area contributed by atoms with Crippen molar-refractivity contribution < 1.29 is 9.21 Å². The number of halogens is 2. The van der Waals surface area contributed by atoms with E-state index in [4.69, 9.17) is 4.42 Å². The maximum absolute atomic E-state index is 13.4. The number of hydrogen-bond acceptors (Lipinski definition) is 3. The molecule has 1 unspecified atom stereocenters. The Hall–Kier alpha value is -1.85. The van der Waals surface area contributed by atoms with E-state index in [2.05, 4.69) is 75.3 Å². The summed E-state index contributed by atoms with van der Waals surface area (Å²) in [5, 5.41) is 5.92. The van der Waals surface area contributed by atoms with Gasteiger partial charge in [-0.2, -0.15) is 0 Å². The minimum Gasteiger partial charge on any atom is -0.451 e. The van der Waals surface area contributed by atoms with Gasteiger partial charge in [0, 0.05) is 23.2 Å². The second-order valence-corrected chi connectivity index (χ2v) is 9.97. The number of ketones is 1. The Morgan fingerprint density at radius 3 is 2.64 bits per heavy atom. The molecule has 1 atom stereocenters. The summed E-state index contributed by atoms with van der Waals surface area (Å²) < 4.78 is 7.51. The summed E-state index contributed by atoms with van der Waals surface area (Å²) in [7, 11) is 0. The molecule has 1 N–H and O–H groups in total. The molecule has 1 aliphatic carbocycles. The molecule has 0 spiro atoms.